The molecular weight excluding hydrogens is 206 g/mol. The van der Waals surface area contributed by atoms with Crippen LogP contribution in [-0.4, -0.2) is 26.1 Å². The molecule has 0 aliphatic rings. The monoisotopic (exact) mass is 225 g/mol. The summed E-state index contributed by atoms with van der Waals surface area (Å²) in [7, 11) is 0. The van der Waals surface area contributed by atoms with Gasteiger partial charge in [-0.05, 0) is 19.3 Å². The summed E-state index contributed by atoms with van der Waals surface area (Å²) < 4.78 is 1.85. The molecule has 0 aliphatic heterocycles. The molecule has 1 aromatic rings. The summed E-state index contributed by atoms with van der Waals surface area (Å²) in [6.45, 7) is 8.20. The lowest BCUT2D eigenvalue weighted by atomic mass is 10.1. The van der Waals surface area contributed by atoms with Crippen molar-refractivity contribution < 1.29 is 9.90 Å². The number of carboxylic acids is 1. The Morgan fingerprint density at radius 3 is 2.50 bits per heavy atom. The van der Waals surface area contributed by atoms with Crippen LogP contribution < -0.4 is 0 Å². The Kier molecular flexibility index (Phi) is 4.04. The van der Waals surface area contributed by atoms with Crippen molar-refractivity contribution in [2.45, 2.75) is 52.5 Å². The Morgan fingerprint density at radius 2 is 2.06 bits per heavy atom. The lowest BCUT2D eigenvalue weighted by Gasteiger charge is -2.15. The van der Waals surface area contributed by atoms with E-state index in [2.05, 4.69) is 24.2 Å². The summed E-state index contributed by atoms with van der Waals surface area (Å²) in [5.41, 5.74) is 1.53. The van der Waals surface area contributed by atoms with Gasteiger partial charge in [-0.1, -0.05) is 26.0 Å². The standard InChI is InChI=1S/C11H19N3O2/c1-5-8(4)14-11(7(2)3)9(12-13-14)6-10(15)16/h7-8H,5-6H2,1-4H3,(H,15,16). The number of hydrogen-bond donors (Lipinski definition) is 1. The van der Waals surface area contributed by atoms with Gasteiger partial charge in [0.2, 0.25) is 0 Å². The number of rotatable bonds is 5. The molecule has 0 saturated heterocycles. The molecule has 5 nitrogen and oxygen atoms in total. The molecule has 1 heterocycles. The maximum absolute atomic E-state index is 10.7. The highest BCUT2D eigenvalue weighted by Gasteiger charge is 2.20. The van der Waals surface area contributed by atoms with Gasteiger partial charge in [-0.15, -0.1) is 5.10 Å². The number of aliphatic carboxylic acids is 1. The van der Waals surface area contributed by atoms with E-state index in [0.717, 1.165) is 12.1 Å². The van der Waals surface area contributed by atoms with Crippen LogP contribution in [0.2, 0.25) is 0 Å². The molecule has 5 heteroatoms. The zero-order chi connectivity index (χ0) is 12.3. The molecule has 0 radical (unpaired) electrons. The van der Waals surface area contributed by atoms with Crippen molar-refractivity contribution in [1.29, 1.82) is 0 Å². The first-order chi connectivity index (χ1) is 7.47. The van der Waals surface area contributed by atoms with E-state index in [1.807, 2.05) is 18.5 Å². The van der Waals surface area contributed by atoms with Crippen LogP contribution in [0.3, 0.4) is 0 Å². The second kappa shape index (κ2) is 5.09. The van der Waals surface area contributed by atoms with E-state index in [1.165, 1.54) is 0 Å². The van der Waals surface area contributed by atoms with Crippen molar-refractivity contribution in [2.24, 2.45) is 0 Å². The number of aromatic nitrogens is 3. The van der Waals surface area contributed by atoms with E-state index in [-0.39, 0.29) is 18.4 Å². The number of hydrogen-bond acceptors (Lipinski definition) is 3. The first kappa shape index (κ1) is 12.7. The second-order valence-corrected chi connectivity index (χ2v) is 4.35. The van der Waals surface area contributed by atoms with Gasteiger partial charge in [-0.3, -0.25) is 4.79 Å². The highest BCUT2D eigenvalue weighted by molar-refractivity contribution is 5.69. The molecule has 0 saturated carbocycles. The van der Waals surface area contributed by atoms with Gasteiger partial charge < -0.3 is 5.11 Å². The predicted octanol–water partition coefficient (Wildman–Crippen LogP) is 2.00. The van der Waals surface area contributed by atoms with Crippen molar-refractivity contribution in [2.75, 3.05) is 0 Å². The summed E-state index contributed by atoms with van der Waals surface area (Å²) in [6.07, 6.45) is 0.902. The van der Waals surface area contributed by atoms with E-state index in [4.69, 9.17) is 5.11 Å². The van der Waals surface area contributed by atoms with Crippen LogP contribution in [0.4, 0.5) is 0 Å². The molecular formula is C11H19N3O2. The third-order valence-corrected chi connectivity index (χ3v) is 2.68. The van der Waals surface area contributed by atoms with Crippen LogP contribution in [0, 0.1) is 0 Å². The van der Waals surface area contributed by atoms with Crippen molar-refractivity contribution in [3.8, 4) is 0 Å². The minimum absolute atomic E-state index is 0.0516. The largest absolute Gasteiger partial charge is 0.481 e. The third-order valence-electron chi connectivity index (χ3n) is 2.68. The van der Waals surface area contributed by atoms with Crippen LogP contribution in [0.15, 0.2) is 0 Å². The molecule has 0 spiro atoms. The van der Waals surface area contributed by atoms with Crippen LogP contribution in [0.1, 0.15) is 57.5 Å². The van der Waals surface area contributed by atoms with E-state index in [9.17, 15) is 4.79 Å². The molecule has 16 heavy (non-hydrogen) atoms. The molecule has 1 N–H and O–H groups in total. The van der Waals surface area contributed by atoms with E-state index in [0.29, 0.717) is 5.69 Å². The SMILES string of the molecule is CCC(C)n1nnc(CC(=O)O)c1C(C)C. The van der Waals surface area contributed by atoms with E-state index in [1.54, 1.807) is 0 Å². The lowest BCUT2D eigenvalue weighted by Crippen LogP contribution is -2.13. The highest BCUT2D eigenvalue weighted by atomic mass is 16.4. The first-order valence-corrected chi connectivity index (χ1v) is 5.63. The van der Waals surface area contributed by atoms with Crippen molar-refractivity contribution in [3.63, 3.8) is 0 Å². The van der Waals surface area contributed by atoms with Gasteiger partial charge in [0.25, 0.3) is 0 Å². The van der Waals surface area contributed by atoms with Crippen molar-refractivity contribution >= 4 is 5.97 Å². The molecule has 1 rings (SSSR count). The summed E-state index contributed by atoms with van der Waals surface area (Å²) in [5, 5.41) is 16.8. The molecule has 0 bridgehead atoms. The molecule has 1 atom stereocenters. The van der Waals surface area contributed by atoms with Crippen molar-refractivity contribution in [3.05, 3.63) is 11.4 Å². The average molecular weight is 225 g/mol. The van der Waals surface area contributed by atoms with Crippen LogP contribution in [0.5, 0.6) is 0 Å². The van der Waals surface area contributed by atoms with Crippen LogP contribution >= 0.6 is 0 Å². The normalized spacial score (nSPS) is 13.1. The van der Waals surface area contributed by atoms with Crippen LogP contribution in [0.25, 0.3) is 0 Å². The van der Waals surface area contributed by atoms with Crippen LogP contribution in [-0.2, 0) is 11.2 Å². The minimum atomic E-state index is -0.863. The number of nitrogens with zero attached hydrogens (tertiary/aromatic N) is 3. The Hall–Kier alpha value is -1.39. The lowest BCUT2D eigenvalue weighted by molar-refractivity contribution is -0.136. The molecule has 0 aromatic carbocycles. The first-order valence-electron chi connectivity index (χ1n) is 5.63. The fourth-order valence-electron chi connectivity index (χ4n) is 1.70. The van der Waals surface area contributed by atoms with Crippen molar-refractivity contribution in [1.82, 2.24) is 15.0 Å². The molecule has 90 valence electrons. The highest BCUT2D eigenvalue weighted by Crippen LogP contribution is 2.22. The predicted molar refractivity (Wildman–Crippen MR) is 60.5 cm³/mol. The Bertz CT molecular complexity index is 371. The zero-order valence-electron chi connectivity index (χ0n) is 10.3. The smallest absolute Gasteiger partial charge is 0.309 e. The average Bonchev–Trinajstić information content (AvgIpc) is 2.59. The maximum Gasteiger partial charge on any atom is 0.309 e. The molecule has 0 amide bonds. The van der Waals surface area contributed by atoms with Gasteiger partial charge >= 0.3 is 5.97 Å². The Labute approximate surface area is 95.5 Å². The topological polar surface area (TPSA) is 68.0 Å². The maximum atomic E-state index is 10.7. The molecule has 0 aliphatic carbocycles. The van der Waals surface area contributed by atoms with E-state index < -0.39 is 5.97 Å². The van der Waals surface area contributed by atoms with Gasteiger partial charge in [0.05, 0.1) is 23.9 Å². The Balaban J connectivity index is 3.11. The molecule has 0 fully saturated rings. The number of carbonyl (C=O) groups is 1. The van der Waals surface area contributed by atoms with Gasteiger partial charge in [0.15, 0.2) is 0 Å². The number of carboxylic acid groups (broad SMARTS) is 1. The van der Waals surface area contributed by atoms with Gasteiger partial charge in [-0.25, -0.2) is 4.68 Å². The fourth-order valence-corrected chi connectivity index (χ4v) is 1.70. The summed E-state index contributed by atoms with van der Waals surface area (Å²) in [6, 6.07) is 0.257. The minimum Gasteiger partial charge on any atom is -0.481 e. The zero-order valence-corrected chi connectivity index (χ0v) is 10.3. The fraction of sp³-hybridized carbons (Fsp3) is 0.727. The molecule has 1 aromatic heterocycles. The Morgan fingerprint density at radius 1 is 1.44 bits per heavy atom. The molecule has 1 unspecified atom stereocenters. The summed E-state index contributed by atoms with van der Waals surface area (Å²) in [5.74, 6) is -0.628. The van der Waals surface area contributed by atoms with E-state index >= 15 is 0 Å². The second-order valence-electron chi connectivity index (χ2n) is 4.35. The van der Waals surface area contributed by atoms with Gasteiger partial charge in [0, 0.05) is 0 Å². The summed E-state index contributed by atoms with van der Waals surface area (Å²) >= 11 is 0. The van der Waals surface area contributed by atoms with Gasteiger partial charge in [-0.2, -0.15) is 0 Å². The van der Waals surface area contributed by atoms with Gasteiger partial charge in [0.1, 0.15) is 0 Å². The summed E-state index contributed by atoms with van der Waals surface area (Å²) in [4.78, 5) is 10.7. The quantitative estimate of drug-likeness (QED) is 0.832. The third kappa shape index (κ3) is 2.59.